The van der Waals surface area contributed by atoms with Crippen LogP contribution in [0.15, 0.2) is 24.3 Å². The van der Waals surface area contributed by atoms with E-state index in [1.165, 1.54) is 10.6 Å². The van der Waals surface area contributed by atoms with Gasteiger partial charge in [-0.25, -0.2) is 8.42 Å². The van der Waals surface area contributed by atoms with Crippen LogP contribution in [0, 0.1) is 5.41 Å². The third kappa shape index (κ3) is 4.47. The molecule has 2 heterocycles. The van der Waals surface area contributed by atoms with E-state index in [1.807, 2.05) is 24.3 Å². The number of likely N-dealkylation sites (tertiary alicyclic amines) is 1. The highest BCUT2D eigenvalue weighted by molar-refractivity contribution is 7.88. The highest BCUT2D eigenvalue weighted by atomic mass is 32.2. The number of methoxy groups -OCH3 is 1. The maximum atomic E-state index is 13.0. The van der Waals surface area contributed by atoms with Crippen LogP contribution in [0.2, 0.25) is 0 Å². The van der Waals surface area contributed by atoms with Gasteiger partial charge < -0.3 is 14.5 Å². The average molecular weight is 410 g/mol. The third-order valence-electron chi connectivity index (χ3n) is 5.52. The van der Waals surface area contributed by atoms with Crippen LogP contribution in [0.4, 0.5) is 0 Å². The van der Waals surface area contributed by atoms with Crippen molar-refractivity contribution in [3.63, 3.8) is 0 Å². The van der Waals surface area contributed by atoms with E-state index in [4.69, 9.17) is 4.74 Å². The van der Waals surface area contributed by atoms with Gasteiger partial charge in [-0.05, 0) is 17.7 Å². The number of sulfonamides is 1. The van der Waals surface area contributed by atoms with Gasteiger partial charge in [0.2, 0.25) is 21.8 Å². The standard InChI is InChI=1S/C19H27N3O5S/c1-20-12-19(11-18(20)24)13-21(8-9-22(14-19)28(3,25)26)17(23)10-15-4-6-16(27-2)7-5-15/h4-7H,8-14H2,1-3H3/t19-/m0/s1. The largest absolute Gasteiger partial charge is 0.497 e. The first-order valence-corrected chi connectivity index (χ1v) is 11.1. The minimum atomic E-state index is -3.41. The molecule has 0 bridgehead atoms. The molecule has 0 radical (unpaired) electrons. The Morgan fingerprint density at radius 2 is 1.82 bits per heavy atom. The fourth-order valence-electron chi connectivity index (χ4n) is 4.06. The van der Waals surface area contributed by atoms with Gasteiger partial charge in [0.25, 0.3) is 0 Å². The fraction of sp³-hybridized carbons (Fsp3) is 0.579. The Morgan fingerprint density at radius 1 is 1.14 bits per heavy atom. The number of benzene rings is 1. The van der Waals surface area contributed by atoms with Crippen molar-refractivity contribution in [3.05, 3.63) is 29.8 Å². The number of hydrogen-bond acceptors (Lipinski definition) is 5. The molecular weight excluding hydrogens is 382 g/mol. The molecule has 1 spiro atoms. The molecule has 1 aromatic rings. The molecule has 0 unspecified atom stereocenters. The van der Waals surface area contributed by atoms with Gasteiger partial charge in [0, 0.05) is 51.6 Å². The summed E-state index contributed by atoms with van der Waals surface area (Å²) in [6, 6.07) is 7.31. The van der Waals surface area contributed by atoms with Crippen LogP contribution in [0.3, 0.4) is 0 Å². The molecule has 2 aliphatic rings. The zero-order chi connectivity index (χ0) is 20.5. The summed E-state index contributed by atoms with van der Waals surface area (Å²) in [6.45, 7) is 1.65. The van der Waals surface area contributed by atoms with Crippen molar-refractivity contribution in [3.8, 4) is 5.75 Å². The van der Waals surface area contributed by atoms with Crippen molar-refractivity contribution >= 4 is 21.8 Å². The summed E-state index contributed by atoms with van der Waals surface area (Å²) in [5.41, 5.74) is 0.296. The maximum absolute atomic E-state index is 13.0. The molecule has 0 aromatic heterocycles. The first-order valence-electron chi connectivity index (χ1n) is 9.22. The average Bonchev–Trinajstić information content (AvgIpc) is 2.79. The zero-order valence-electron chi connectivity index (χ0n) is 16.6. The van der Waals surface area contributed by atoms with Gasteiger partial charge in [-0.1, -0.05) is 12.1 Å². The number of ether oxygens (including phenoxy) is 1. The monoisotopic (exact) mass is 409 g/mol. The number of rotatable bonds is 4. The molecule has 1 aromatic carbocycles. The van der Waals surface area contributed by atoms with Crippen LogP contribution in [0.25, 0.3) is 0 Å². The maximum Gasteiger partial charge on any atom is 0.227 e. The Morgan fingerprint density at radius 3 is 2.36 bits per heavy atom. The minimum absolute atomic E-state index is 0.0158. The molecule has 0 N–H and O–H groups in total. The van der Waals surface area contributed by atoms with E-state index in [9.17, 15) is 18.0 Å². The van der Waals surface area contributed by atoms with Gasteiger partial charge >= 0.3 is 0 Å². The van der Waals surface area contributed by atoms with Crippen LogP contribution in [-0.4, -0.2) is 87.5 Å². The smallest absolute Gasteiger partial charge is 0.227 e. The van der Waals surface area contributed by atoms with E-state index in [1.54, 1.807) is 24.0 Å². The zero-order valence-corrected chi connectivity index (χ0v) is 17.4. The Kier molecular flexibility index (Phi) is 5.67. The molecule has 0 saturated carbocycles. The van der Waals surface area contributed by atoms with Gasteiger partial charge in [0.05, 0.1) is 19.8 Å². The van der Waals surface area contributed by atoms with Crippen molar-refractivity contribution < 1.29 is 22.7 Å². The Bertz CT molecular complexity index is 855. The lowest BCUT2D eigenvalue weighted by atomic mass is 9.86. The lowest BCUT2D eigenvalue weighted by molar-refractivity contribution is -0.132. The van der Waals surface area contributed by atoms with Crippen molar-refractivity contribution in [1.82, 2.24) is 14.1 Å². The summed E-state index contributed by atoms with van der Waals surface area (Å²) >= 11 is 0. The van der Waals surface area contributed by atoms with Gasteiger partial charge in [-0.15, -0.1) is 0 Å². The van der Waals surface area contributed by atoms with Crippen LogP contribution < -0.4 is 4.74 Å². The van der Waals surface area contributed by atoms with Crippen LogP contribution >= 0.6 is 0 Å². The second-order valence-corrected chi connectivity index (χ2v) is 9.85. The van der Waals surface area contributed by atoms with Crippen LogP contribution in [0.1, 0.15) is 12.0 Å². The summed E-state index contributed by atoms with van der Waals surface area (Å²) in [7, 11) is -0.106. The molecule has 154 valence electrons. The molecule has 2 saturated heterocycles. The van der Waals surface area contributed by atoms with Gasteiger partial charge in [0.1, 0.15) is 5.75 Å². The van der Waals surface area contributed by atoms with E-state index in [2.05, 4.69) is 0 Å². The minimum Gasteiger partial charge on any atom is -0.497 e. The molecule has 2 aliphatic heterocycles. The summed E-state index contributed by atoms with van der Waals surface area (Å²) in [5.74, 6) is 0.640. The van der Waals surface area contributed by atoms with Crippen LogP contribution in [-0.2, 0) is 26.0 Å². The molecule has 28 heavy (non-hydrogen) atoms. The molecule has 1 atom stereocenters. The van der Waals surface area contributed by atoms with E-state index in [0.29, 0.717) is 19.6 Å². The van der Waals surface area contributed by atoms with E-state index >= 15 is 0 Å². The van der Waals surface area contributed by atoms with E-state index in [0.717, 1.165) is 11.3 Å². The quantitative estimate of drug-likeness (QED) is 0.709. The number of carbonyl (C=O) groups excluding carboxylic acids is 2. The SMILES string of the molecule is COc1ccc(CC(=O)N2CCN(S(C)(=O)=O)C[C@]3(CC(=O)N(C)C3)C2)cc1. The van der Waals surface area contributed by atoms with Gasteiger partial charge in [0.15, 0.2) is 0 Å². The fourth-order valence-corrected chi connectivity index (χ4v) is 4.98. The topological polar surface area (TPSA) is 87.2 Å². The third-order valence-corrected chi connectivity index (χ3v) is 6.77. The Balaban J connectivity index is 1.80. The summed E-state index contributed by atoms with van der Waals surface area (Å²) in [4.78, 5) is 28.5. The van der Waals surface area contributed by atoms with E-state index in [-0.39, 0.29) is 37.7 Å². The van der Waals surface area contributed by atoms with Crippen molar-refractivity contribution in [2.75, 3.05) is 53.1 Å². The molecular formula is C19H27N3O5S. The molecule has 2 amide bonds. The summed E-state index contributed by atoms with van der Waals surface area (Å²) in [5, 5.41) is 0. The number of amides is 2. The lowest BCUT2D eigenvalue weighted by Gasteiger charge is -2.32. The molecule has 9 heteroatoms. The molecule has 2 fully saturated rings. The molecule has 8 nitrogen and oxygen atoms in total. The first-order chi connectivity index (χ1) is 13.1. The highest BCUT2D eigenvalue weighted by Crippen LogP contribution is 2.35. The normalized spacial score (nSPS) is 23.9. The predicted octanol–water partition coefficient (Wildman–Crippen LogP) is 0.190. The second-order valence-electron chi connectivity index (χ2n) is 7.86. The second kappa shape index (κ2) is 7.71. The summed E-state index contributed by atoms with van der Waals surface area (Å²) in [6.07, 6.45) is 1.65. The van der Waals surface area contributed by atoms with Crippen molar-refractivity contribution in [2.45, 2.75) is 12.8 Å². The van der Waals surface area contributed by atoms with Crippen molar-refractivity contribution in [2.24, 2.45) is 5.41 Å². The van der Waals surface area contributed by atoms with Gasteiger partial charge in [-0.3, -0.25) is 9.59 Å². The summed E-state index contributed by atoms with van der Waals surface area (Å²) < 4.78 is 30.9. The highest BCUT2D eigenvalue weighted by Gasteiger charge is 2.47. The lowest BCUT2D eigenvalue weighted by Crippen LogP contribution is -2.45. The van der Waals surface area contributed by atoms with Crippen molar-refractivity contribution in [1.29, 1.82) is 0 Å². The van der Waals surface area contributed by atoms with Crippen LogP contribution in [0.5, 0.6) is 5.75 Å². The number of nitrogens with zero attached hydrogens (tertiary/aromatic N) is 3. The van der Waals surface area contributed by atoms with E-state index < -0.39 is 15.4 Å². The predicted molar refractivity (Wildman–Crippen MR) is 104 cm³/mol. The Labute approximate surface area is 166 Å². The number of carbonyl (C=O) groups is 2. The molecule has 3 rings (SSSR count). The molecule has 0 aliphatic carbocycles. The van der Waals surface area contributed by atoms with Gasteiger partial charge in [-0.2, -0.15) is 4.31 Å². The number of hydrogen-bond donors (Lipinski definition) is 0. The Hall–Kier alpha value is -2.13. The first kappa shape index (κ1) is 20.6.